The lowest BCUT2D eigenvalue weighted by Gasteiger charge is -2.13. The van der Waals surface area contributed by atoms with E-state index in [1.807, 2.05) is 0 Å². The molecule has 112 valence electrons. The maximum absolute atomic E-state index is 11.1. The summed E-state index contributed by atoms with van der Waals surface area (Å²) in [6, 6.07) is 1.75. The number of carbonyl (C=O) groups excluding carboxylic acids is 1. The van der Waals surface area contributed by atoms with Gasteiger partial charge in [0.1, 0.15) is 0 Å². The Balaban J connectivity index is 2.63. The second-order valence-corrected chi connectivity index (χ2v) is 4.06. The Hall–Kier alpha value is -2.59. The first kappa shape index (κ1) is 14.8. The molecular weight excluding hydrogens is 288 g/mol. The molecule has 1 aromatic carbocycles. The van der Waals surface area contributed by atoms with E-state index in [0.29, 0.717) is 0 Å². The van der Waals surface area contributed by atoms with Crippen molar-refractivity contribution in [3.63, 3.8) is 0 Å². The number of carbonyl (C=O) groups is 1. The number of nitrogens with zero attached hydrogens (tertiary/aromatic N) is 2. The zero-order valence-electron chi connectivity index (χ0n) is 10.8. The van der Waals surface area contributed by atoms with E-state index in [-0.39, 0.29) is 18.8 Å². The van der Waals surface area contributed by atoms with Crippen LogP contribution < -0.4 is 4.74 Å². The number of hydrogen-bond donors (Lipinski definition) is 0. The van der Waals surface area contributed by atoms with Gasteiger partial charge in [-0.25, -0.2) is 0 Å². The number of benzene rings is 1. The van der Waals surface area contributed by atoms with E-state index in [0.717, 1.165) is 19.1 Å². The summed E-state index contributed by atoms with van der Waals surface area (Å²) < 4.78 is 15.2. The van der Waals surface area contributed by atoms with Crippen LogP contribution in [0.3, 0.4) is 0 Å². The molecule has 2 rings (SSSR count). The number of nitro groups is 2. The highest BCUT2D eigenvalue weighted by Crippen LogP contribution is 2.41. The highest BCUT2D eigenvalue weighted by molar-refractivity contribution is 5.73. The summed E-state index contributed by atoms with van der Waals surface area (Å²) in [6.07, 6.45) is -1.06. The molecule has 1 heterocycles. The second kappa shape index (κ2) is 5.81. The summed E-state index contributed by atoms with van der Waals surface area (Å²) >= 11 is 0. The molecule has 0 bridgehead atoms. The third kappa shape index (κ3) is 3.12. The molecule has 1 fully saturated rings. The van der Waals surface area contributed by atoms with Gasteiger partial charge in [-0.15, -0.1) is 0 Å². The van der Waals surface area contributed by atoms with Crippen molar-refractivity contribution in [3.05, 3.63) is 37.9 Å². The van der Waals surface area contributed by atoms with E-state index in [4.69, 9.17) is 14.2 Å². The fourth-order valence-electron chi connectivity index (χ4n) is 1.83. The SMILES string of the molecule is CC(=O)Oc1c(C2OCCO2)cc([N+](=O)[O-])cc1[N+](=O)[O-]. The van der Waals surface area contributed by atoms with Crippen molar-refractivity contribution >= 4 is 17.3 Å². The molecule has 0 atom stereocenters. The number of nitro benzene ring substituents is 2. The Morgan fingerprint density at radius 3 is 2.33 bits per heavy atom. The van der Waals surface area contributed by atoms with E-state index in [2.05, 4.69) is 0 Å². The molecule has 0 aliphatic carbocycles. The Labute approximate surface area is 117 Å². The Kier molecular flexibility index (Phi) is 4.10. The maximum Gasteiger partial charge on any atom is 0.319 e. The minimum atomic E-state index is -1.06. The summed E-state index contributed by atoms with van der Waals surface area (Å²) in [5, 5.41) is 21.9. The van der Waals surface area contributed by atoms with Gasteiger partial charge in [-0.1, -0.05) is 0 Å². The lowest BCUT2D eigenvalue weighted by molar-refractivity contribution is -0.394. The molecule has 1 aliphatic heterocycles. The van der Waals surface area contributed by atoms with Crippen molar-refractivity contribution in [3.8, 4) is 5.75 Å². The predicted molar refractivity (Wildman–Crippen MR) is 65.7 cm³/mol. The Bertz CT molecular complexity index is 608. The normalized spacial score (nSPS) is 14.9. The molecule has 1 saturated heterocycles. The number of hydrogen-bond acceptors (Lipinski definition) is 8. The van der Waals surface area contributed by atoms with Crippen LogP contribution in [0.1, 0.15) is 18.8 Å². The number of ether oxygens (including phenoxy) is 3. The lowest BCUT2D eigenvalue weighted by atomic mass is 10.1. The average Bonchev–Trinajstić information content (AvgIpc) is 2.91. The molecule has 0 N–H and O–H groups in total. The first-order valence-electron chi connectivity index (χ1n) is 5.78. The third-order valence-electron chi connectivity index (χ3n) is 2.61. The van der Waals surface area contributed by atoms with Gasteiger partial charge < -0.3 is 14.2 Å². The molecule has 1 aliphatic rings. The maximum atomic E-state index is 11.1. The van der Waals surface area contributed by atoms with Crippen molar-refractivity contribution in [1.29, 1.82) is 0 Å². The lowest BCUT2D eigenvalue weighted by Crippen LogP contribution is -2.10. The predicted octanol–water partition coefficient (Wildman–Crippen LogP) is 1.47. The van der Waals surface area contributed by atoms with Gasteiger partial charge >= 0.3 is 11.7 Å². The minimum absolute atomic E-state index is 0.0661. The quantitative estimate of drug-likeness (QED) is 0.353. The van der Waals surface area contributed by atoms with Gasteiger partial charge in [0.2, 0.25) is 5.75 Å². The first-order chi connectivity index (χ1) is 9.90. The van der Waals surface area contributed by atoms with Gasteiger partial charge in [-0.05, 0) is 0 Å². The number of non-ortho nitro benzene ring substituents is 1. The van der Waals surface area contributed by atoms with Crippen molar-refractivity contribution < 1.29 is 28.9 Å². The van der Waals surface area contributed by atoms with E-state index in [1.54, 1.807) is 0 Å². The molecule has 10 nitrogen and oxygen atoms in total. The summed E-state index contributed by atoms with van der Waals surface area (Å²) in [5.74, 6) is -1.21. The highest BCUT2D eigenvalue weighted by Gasteiger charge is 2.32. The van der Waals surface area contributed by atoms with E-state index < -0.39 is 39.2 Å². The van der Waals surface area contributed by atoms with E-state index in [9.17, 15) is 25.0 Å². The van der Waals surface area contributed by atoms with Crippen LogP contribution in [0.25, 0.3) is 0 Å². The molecule has 10 heteroatoms. The van der Waals surface area contributed by atoms with Gasteiger partial charge in [-0.3, -0.25) is 25.0 Å². The van der Waals surface area contributed by atoms with E-state index in [1.165, 1.54) is 0 Å². The summed E-state index contributed by atoms with van der Waals surface area (Å²) in [5.41, 5.74) is -1.29. The van der Waals surface area contributed by atoms with Crippen LogP contribution in [0, 0.1) is 20.2 Å². The fraction of sp³-hybridized carbons (Fsp3) is 0.364. The molecule has 0 radical (unpaired) electrons. The van der Waals surface area contributed by atoms with Gasteiger partial charge in [-0.2, -0.15) is 0 Å². The Morgan fingerprint density at radius 1 is 1.24 bits per heavy atom. The van der Waals surface area contributed by atoms with Crippen LogP contribution in [0.2, 0.25) is 0 Å². The molecule has 21 heavy (non-hydrogen) atoms. The average molecular weight is 298 g/mol. The third-order valence-corrected chi connectivity index (χ3v) is 2.61. The van der Waals surface area contributed by atoms with Gasteiger partial charge in [0, 0.05) is 13.0 Å². The zero-order valence-corrected chi connectivity index (χ0v) is 10.8. The molecule has 0 unspecified atom stereocenters. The van der Waals surface area contributed by atoms with Crippen LogP contribution in [-0.4, -0.2) is 29.0 Å². The zero-order chi connectivity index (χ0) is 15.6. The molecule has 0 amide bonds. The minimum Gasteiger partial charge on any atom is -0.419 e. The monoisotopic (exact) mass is 298 g/mol. The van der Waals surface area contributed by atoms with Crippen molar-refractivity contribution in [2.45, 2.75) is 13.2 Å². The number of rotatable bonds is 4. The fourth-order valence-corrected chi connectivity index (χ4v) is 1.83. The van der Waals surface area contributed by atoms with Gasteiger partial charge in [0.15, 0.2) is 6.29 Å². The van der Waals surface area contributed by atoms with Crippen LogP contribution in [0.15, 0.2) is 12.1 Å². The van der Waals surface area contributed by atoms with Crippen LogP contribution in [-0.2, 0) is 14.3 Å². The van der Waals surface area contributed by atoms with Crippen molar-refractivity contribution in [2.75, 3.05) is 13.2 Å². The van der Waals surface area contributed by atoms with Gasteiger partial charge in [0.05, 0.1) is 34.7 Å². The molecular formula is C11H10N2O8. The second-order valence-electron chi connectivity index (χ2n) is 4.06. The number of esters is 1. The topological polar surface area (TPSA) is 131 Å². The molecule has 0 aromatic heterocycles. The summed E-state index contributed by atoms with van der Waals surface area (Å²) in [4.78, 5) is 31.4. The van der Waals surface area contributed by atoms with Crippen LogP contribution >= 0.6 is 0 Å². The van der Waals surface area contributed by atoms with Crippen molar-refractivity contribution in [1.82, 2.24) is 0 Å². The van der Waals surface area contributed by atoms with Crippen molar-refractivity contribution in [2.24, 2.45) is 0 Å². The van der Waals surface area contributed by atoms with Crippen LogP contribution in [0.5, 0.6) is 5.75 Å². The summed E-state index contributed by atoms with van der Waals surface area (Å²) in [7, 11) is 0. The molecule has 1 aromatic rings. The summed E-state index contributed by atoms with van der Waals surface area (Å²) in [6.45, 7) is 1.51. The van der Waals surface area contributed by atoms with E-state index >= 15 is 0 Å². The Morgan fingerprint density at radius 2 is 1.86 bits per heavy atom. The molecule has 0 spiro atoms. The smallest absolute Gasteiger partial charge is 0.319 e. The standard InChI is InChI=1S/C11H10N2O8/c1-6(14)21-10-8(11-19-2-3-20-11)4-7(12(15)16)5-9(10)13(17)18/h4-5,11H,2-3H2,1H3. The molecule has 0 saturated carbocycles. The van der Waals surface area contributed by atoms with Crippen LogP contribution in [0.4, 0.5) is 11.4 Å². The largest absolute Gasteiger partial charge is 0.419 e. The first-order valence-corrected chi connectivity index (χ1v) is 5.78. The van der Waals surface area contributed by atoms with Gasteiger partial charge in [0.25, 0.3) is 5.69 Å². The highest BCUT2D eigenvalue weighted by atomic mass is 16.7.